The van der Waals surface area contributed by atoms with E-state index in [0.717, 1.165) is 0 Å². The zero-order valence-electron chi connectivity index (χ0n) is 35.6. The second-order valence-electron chi connectivity index (χ2n) is 13.4. The highest BCUT2D eigenvalue weighted by molar-refractivity contribution is 9.10. The summed E-state index contributed by atoms with van der Waals surface area (Å²) in [7, 11) is -5.51. The molecule has 0 radical (unpaired) electrons. The van der Waals surface area contributed by atoms with E-state index in [2.05, 4.69) is 60.6 Å². The van der Waals surface area contributed by atoms with E-state index in [1.54, 1.807) is 58.9 Å². The number of halogens is 1. The molecular formula is C39H45BrN12O11S2. The molecule has 0 aliphatic heterocycles. The van der Waals surface area contributed by atoms with Crippen LogP contribution in [0.15, 0.2) is 81.5 Å². The van der Waals surface area contributed by atoms with E-state index in [-0.39, 0.29) is 56.6 Å². The monoisotopic (exact) mass is 1000 g/mol. The molecule has 0 fully saturated rings. The lowest BCUT2D eigenvalue weighted by Crippen LogP contribution is -2.35. The minimum absolute atomic E-state index is 0.0203. The maximum atomic E-state index is 12.3. The lowest BCUT2D eigenvalue weighted by atomic mass is 10.1. The minimum atomic E-state index is -3.42. The molecule has 2 aromatic carbocycles. The summed E-state index contributed by atoms with van der Waals surface area (Å²) >= 11 is 3.06. The summed E-state index contributed by atoms with van der Waals surface area (Å²) in [6.07, 6.45) is 4.14. The molecule has 3 heterocycles. The Morgan fingerprint density at radius 2 is 1.08 bits per heavy atom. The largest absolute Gasteiger partial charge is 0.464 e. The summed E-state index contributed by atoms with van der Waals surface area (Å²) < 4.78 is 58.1. The van der Waals surface area contributed by atoms with Crippen LogP contribution in [-0.2, 0) is 38.7 Å². The van der Waals surface area contributed by atoms with Gasteiger partial charge < -0.3 is 32.0 Å². The number of nitrogens with zero attached hydrogens (tertiary/aromatic N) is 6. The van der Waals surface area contributed by atoms with Crippen molar-refractivity contribution in [1.29, 1.82) is 0 Å². The number of ketones is 1. The molecule has 0 aliphatic rings. The number of sulfone groups is 2. The average molecular weight is 1000 g/mol. The fraction of sp³-hybridized carbons (Fsp3) is 0.256. The van der Waals surface area contributed by atoms with E-state index in [0.29, 0.717) is 21.4 Å². The van der Waals surface area contributed by atoms with Crippen molar-refractivity contribution in [2.75, 3.05) is 37.5 Å². The Balaban J connectivity index is 0.000000282. The number of ether oxygens (including phenoxy) is 2. The Morgan fingerprint density at radius 3 is 1.48 bits per heavy atom. The molecule has 3 aromatic heterocycles. The van der Waals surface area contributed by atoms with Gasteiger partial charge in [-0.2, -0.15) is 0 Å². The standard InChI is InChI=1S/C19H22N4O6S.C14H17N5O3S.C6H6BrN3O2/c1-4-29-19(26)15(24)10-22-18(25)16-17(20)21-9-14(23-16)12-5-7-13(8-6-12)30(27,28)11(2)3;1-8(2)23(21,22)10-5-3-9(4-6-10)11-7-17-13(15)12(18-11)14(20)19-16;1-12-6(11)4-5(8)9-2-3(7)10-4/h5-9,11H,4,10H2,1-3H3,(H2,20,21)(H,22,25);3-8H,16H2,1-2H3,(H2,15,17)(H,19,20);2H,1H3,(H2,8,9). The van der Waals surface area contributed by atoms with Gasteiger partial charge in [-0.25, -0.2) is 62.2 Å². The van der Waals surface area contributed by atoms with Gasteiger partial charge in [-0.15, -0.1) is 0 Å². The smallest absolute Gasteiger partial charge is 0.376 e. The van der Waals surface area contributed by atoms with Crippen molar-refractivity contribution < 1.29 is 50.3 Å². The van der Waals surface area contributed by atoms with E-state index in [9.17, 15) is 40.8 Å². The zero-order chi connectivity index (χ0) is 48.8. The summed E-state index contributed by atoms with van der Waals surface area (Å²) in [6, 6.07) is 12.2. The Kier molecular flexibility index (Phi) is 18.6. The molecule has 5 aromatic rings. The third-order valence-electron chi connectivity index (χ3n) is 8.42. The summed E-state index contributed by atoms with van der Waals surface area (Å²) in [5, 5.41) is 1.18. The predicted molar refractivity (Wildman–Crippen MR) is 240 cm³/mol. The van der Waals surface area contributed by atoms with Crippen LogP contribution in [0.3, 0.4) is 0 Å². The van der Waals surface area contributed by atoms with Crippen LogP contribution in [0.2, 0.25) is 0 Å². The first-order chi connectivity index (χ1) is 30.5. The number of benzene rings is 2. The van der Waals surface area contributed by atoms with Gasteiger partial charge in [0.1, 0.15) is 4.60 Å². The molecule has 0 saturated carbocycles. The van der Waals surface area contributed by atoms with Gasteiger partial charge in [0.05, 0.1) is 70.5 Å². The van der Waals surface area contributed by atoms with Crippen LogP contribution in [0, 0.1) is 0 Å². The van der Waals surface area contributed by atoms with E-state index < -0.39 is 66.3 Å². The van der Waals surface area contributed by atoms with Crippen LogP contribution >= 0.6 is 15.9 Å². The number of carbonyl (C=O) groups is 5. The van der Waals surface area contributed by atoms with Crippen molar-refractivity contribution in [3.8, 4) is 22.5 Å². The molecule has 0 atom stereocenters. The van der Waals surface area contributed by atoms with Crippen LogP contribution in [0.4, 0.5) is 17.5 Å². The molecule has 65 heavy (non-hydrogen) atoms. The number of anilines is 3. The highest BCUT2D eigenvalue weighted by Gasteiger charge is 2.22. The van der Waals surface area contributed by atoms with Gasteiger partial charge in [0.25, 0.3) is 17.6 Å². The number of methoxy groups -OCH3 is 1. The van der Waals surface area contributed by atoms with Gasteiger partial charge in [-0.3, -0.25) is 19.8 Å². The third kappa shape index (κ3) is 13.7. The zero-order valence-corrected chi connectivity index (χ0v) is 38.8. The molecule has 346 valence electrons. The quantitative estimate of drug-likeness (QED) is 0.0322. The molecule has 10 N–H and O–H groups in total. The molecule has 0 aliphatic carbocycles. The molecule has 0 spiro atoms. The van der Waals surface area contributed by atoms with Gasteiger partial charge in [0, 0.05) is 11.1 Å². The van der Waals surface area contributed by atoms with Crippen LogP contribution in [0.1, 0.15) is 66.1 Å². The fourth-order valence-corrected chi connectivity index (χ4v) is 7.20. The summed E-state index contributed by atoms with van der Waals surface area (Å²) in [5.41, 5.74) is 20.1. The van der Waals surface area contributed by atoms with Gasteiger partial charge in [0.15, 0.2) is 54.2 Å². The van der Waals surface area contributed by atoms with Crippen LogP contribution in [0.25, 0.3) is 22.5 Å². The average Bonchev–Trinajstić information content (AvgIpc) is 3.29. The minimum Gasteiger partial charge on any atom is -0.464 e. The number of esters is 2. The van der Waals surface area contributed by atoms with E-state index in [1.807, 2.05) is 5.43 Å². The highest BCUT2D eigenvalue weighted by atomic mass is 79.9. The SMILES string of the molecule is CC(C)S(=O)(=O)c1ccc(-c2cnc(N)c(C(=O)NN)n2)cc1.CCOC(=O)C(=O)CNC(=O)c1nc(-c2ccc(S(=O)(=O)C(C)C)cc2)cnc1N.COC(=O)c1nc(Br)cnc1N. The van der Waals surface area contributed by atoms with Crippen molar-refractivity contribution in [2.24, 2.45) is 5.84 Å². The van der Waals surface area contributed by atoms with Gasteiger partial charge in [-0.1, -0.05) is 24.3 Å². The summed E-state index contributed by atoms with van der Waals surface area (Å²) in [4.78, 5) is 81.8. The first kappa shape index (κ1) is 52.3. The van der Waals surface area contributed by atoms with Gasteiger partial charge in [-0.05, 0) is 74.8 Å². The molecular weight excluding hydrogens is 957 g/mol. The van der Waals surface area contributed by atoms with Crippen molar-refractivity contribution in [1.82, 2.24) is 40.6 Å². The third-order valence-corrected chi connectivity index (χ3v) is 13.1. The number of hydrogen-bond donors (Lipinski definition) is 6. The predicted octanol–water partition coefficient (Wildman–Crippen LogP) is 1.89. The Labute approximate surface area is 381 Å². The molecule has 23 nitrogen and oxygen atoms in total. The molecule has 5 rings (SSSR count). The van der Waals surface area contributed by atoms with Gasteiger partial charge in [0.2, 0.25) is 0 Å². The number of nitrogens with two attached hydrogens (primary N) is 4. The van der Waals surface area contributed by atoms with Crippen LogP contribution < -0.4 is 33.8 Å². The molecule has 26 heteroatoms. The highest BCUT2D eigenvalue weighted by Crippen LogP contribution is 2.24. The van der Waals surface area contributed by atoms with E-state index in [4.69, 9.17) is 23.0 Å². The van der Waals surface area contributed by atoms with Crippen LogP contribution in [0.5, 0.6) is 0 Å². The first-order valence-electron chi connectivity index (χ1n) is 18.8. The second kappa shape index (κ2) is 23.1. The maximum absolute atomic E-state index is 12.3. The molecule has 0 saturated heterocycles. The Bertz CT molecular complexity index is 2780. The van der Waals surface area contributed by atoms with Gasteiger partial charge >= 0.3 is 11.9 Å². The van der Waals surface area contributed by atoms with Crippen LogP contribution in [-0.4, -0.2) is 107 Å². The van der Waals surface area contributed by atoms with Crippen molar-refractivity contribution in [3.63, 3.8) is 0 Å². The Hall–Kier alpha value is -7.03. The summed E-state index contributed by atoms with van der Waals surface area (Å²) in [6.45, 7) is 7.43. The number of carbonyl (C=O) groups excluding carboxylic acids is 5. The number of rotatable bonds is 13. The molecule has 0 bridgehead atoms. The topological polar surface area (TPSA) is 378 Å². The van der Waals surface area contributed by atoms with Crippen molar-refractivity contribution >= 4 is 82.6 Å². The second-order valence-corrected chi connectivity index (χ2v) is 19.3. The number of aromatic nitrogens is 6. The van der Waals surface area contributed by atoms with Crippen molar-refractivity contribution in [3.05, 3.63) is 88.8 Å². The molecule has 0 unspecified atom stereocenters. The van der Waals surface area contributed by atoms with E-state index in [1.165, 1.54) is 50.0 Å². The number of Topliss-reactive ketones (excluding diaryl/α,β-unsaturated/α-hetero) is 1. The Morgan fingerprint density at radius 1 is 0.662 bits per heavy atom. The summed E-state index contributed by atoms with van der Waals surface area (Å²) in [5.74, 6) is 0.894. The lowest BCUT2D eigenvalue weighted by Gasteiger charge is -2.10. The maximum Gasteiger partial charge on any atom is 0.376 e. The van der Waals surface area contributed by atoms with E-state index >= 15 is 0 Å². The number of nitrogen functional groups attached to an aromatic ring is 4. The fourth-order valence-electron chi connectivity index (χ4n) is 4.80. The lowest BCUT2D eigenvalue weighted by molar-refractivity contribution is -0.153. The van der Waals surface area contributed by atoms with Crippen molar-refractivity contribution in [2.45, 2.75) is 54.9 Å². The number of hydrazine groups is 1. The normalized spacial score (nSPS) is 11.0. The number of hydrogen-bond acceptors (Lipinski definition) is 21. The first-order valence-corrected chi connectivity index (χ1v) is 22.7. The molecule has 2 amide bonds. The number of nitrogens with one attached hydrogen (secondary N) is 2. The number of amides is 2.